The van der Waals surface area contributed by atoms with E-state index in [0.29, 0.717) is 0 Å². The normalized spacial score (nSPS) is 15.1. The minimum absolute atomic E-state index is 0.0310. The maximum absolute atomic E-state index is 14.4. The minimum atomic E-state index is -4.67. The van der Waals surface area contributed by atoms with Gasteiger partial charge in [0.05, 0.1) is 21.8 Å². The number of hydrogen-bond donors (Lipinski definition) is 1. The van der Waals surface area contributed by atoms with Crippen LogP contribution in [0.25, 0.3) is 0 Å². The van der Waals surface area contributed by atoms with Crippen LogP contribution in [0.4, 0.5) is 22.0 Å². The Morgan fingerprint density at radius 2 is 1.85 bits per heavy atom. The van der Waals surface area contributed by atoms with Gasteiger partial charge in [0.1, 0.15) is 16.7 Å². The molecule has 0 saturated carbocycles. The molecule has 0 saturated heterocycles. The van der Waals surface area contributed by atoms with Gasteiger partial charge in [-0.3, -0.25) is 0 Å². The fraction of sp³-hybridized carbons (Fsp3) is 0.400. The van der Waals surface area contributed by atoms with Gasteiger partial charge in [0.25, 0.3) is 0 Å². The molecule has 0 aliphatic heterocycles. The fourth-order valence-electron chi connectivity index (χ4n) is 1.87. The zero-order valence-corrected chi connectivity index (χ0v) is 16.1. The highest BCUT2D eigenvalue weighted by Gasteiger charge is 2.36. The number of nitrogens with zero attached hydrogens (tertiary/aromatic N) is 1. The SMILES string of the molecule is CC(C)(C)S(=O)NC(c1cnc(C(F)(F)F)s1)c1ccc(F)c(Cl)c1F. The van der Waals surface area contributed by atoms with E-state index < -0.39 is 49.6 Å². The van der Waals surface area contributed by atoms with Crippen LogP contribution in [0, 0.1) is 11.6 Å². The topological polar surface area (TPSA) is 42.0 Å². The second-order valence-electron chi connectivity index (χ2n) is 6.26. The summed E-state index contributed by atoms with van der Waals surface area (Å²) in [5.41, 5.74) is -0.230. The molecule has 0 radical (unpaired) electrons. The van der Waals surface area contributed by atoms with E-state index in [1.54, 1.807) is 20.8 Å². The first-order valence-corrected chi connectivity index (χ1v) is 9.51. The van der Waals surface area contributed by atoms with Gasteiger partial charge in [-0.1, -0.05) is 17.7 Å². The molecule has 3 nitrogen and oxygen atoms in total. The van der Waals surface area contributed by atoms with Gasteiger partial charge in [-0.15, -0.1) is 11.3 Å². The van der Waals surface area contributed by atoms with E-state index in [1.807, 2.05) is 0 Å². The quantitative estimate of drug-likeness (QED) is 0.530. The van der Waals surface area contributed by atoms with Gasteiger partial charge >= 0.3 is 6.18 Å². The van der Waals surface area contributed by atoms with E-state index in [1.165, 1.54) is 0 Å². The van der Waals surface area contributed by atoms with Crippen molar-refractivity contribution in [2.24, 2.45) is 0 Å². The molecule has 1 aromatic heterocycles. The number of thiazole rings is 1. The third-order valence-electron chi connectivity index (χ3n) is 3.21. The summed E-state index contributed by atoms with van der Waals surface area (Å²) in [4.78, 5) is 3.27. The van der Waals surface area contributed by atoms with Crippen molar-refractivity contribution in [1.82, 2.24) is 9.71 Å². The predicted octanol–water partition coefficient (Wildman–Crippen LogP) is 5.23. The summed E-state index contributed by atoms with van der Waals surface area (Å²) in [5.74, 6) is -2.15. The maximum atomic E-state index is 14.4. The maximum Gasteiger partial charge on any atom is 0.443 e. The van der Waals surface area contributed by atoms with E-state index in [2.05, 4.69) is 9.71 Å². The molecule has 1 heterocycles. The van der Waals surface area contributed by atoms with Gasteiger partial charge in [0.2, 0.25) is 0 Å². The summed E-state index contributed by atoms with van der Waals surface area (Å²) >= 11 is 5.85. The lowest BCUT2D eigenvalue weighted by Gasteiger charge is -2.24. The summed E-state index contributed by atoms with van der Waals surface area (Å²) in [6.45, 7) is 4.90. The molecule has 2 atom stereocenters. The number of hydrogen-bond acceptors (Lipinski definition) is 3. The first kappa shape index (κ1) is 21.2. The molecule has 0 aliphatic carbocycles. The van der Waals surface area contributed by atoms with Gasteiger partial charge in [-0.05, 0) is 26.8 Å². The molecule has 0 fully saturated rings. The summed E-state index contributed by atoms with van der Waals surface area (Å²) in [5, 5.41) is -1.93. The first-order valence-electron chi connectivity index (χ1n) is 7.16. The van der Waals surface area contributed by atoms with Gasteiger partial charge in [0, 0.05) is 16.6 Å². The highest BCUT2D eigenvalue weighted by atomic mass is 35.5. The summed E-state index contributed by atoms with van der Waals surface area (Å²) in [6, 6.07) is 0.684. The van der Waals surface area contributed by atoms with Gasteiger partial charge in [0.15, 0.2) is 5.01 Å². The summed E-state index contributed by atoms with van der Waals surface area (Å²) < 4.78 is 80.6. The van der Waals surface area contributed by atoms with Gasteiger partial charge in [-0.25, -0.2) is 22.7 Å². The van der Waals surface area contributed by atoms with Crippen LogP contribution in [0.1, 0.15) is 42.3 Å². The molecule has 2 rings (SSSR count). The molecule has 2 unspecified atom stereocenters. The molecule has 0 bridgehead atoms. The van der Waals surface area contributed by atoms with Crippen LogP contribution in [0.15, 0.2) is 18.3 Å². The lowest BCUT2D eigenvalue weighted by Crippen LogP contribution is -2.36. The number of nitrogens with one attached hydrogen (secondary N) is 1. The Hall–Kier alpha value is -1.10. The molecular formula is C15H14ClF5N2OS2. The third kappa shape index (κ3) is 4.59. The van der Waals surface area contributed by atoms with Crippen LogP contribution in [0.3, 0.4) is 0 Å². The number of aromatic nitrogens is 1. The van der Waals surface area contributed by atoms with Crippen molar-refractivity contribution in [3.63, 3.8) is 0 Å². The highest BCUT2D eigenvalue weighted by Crippen LogP contribution is 2.38. The Balaban J connectivity index is 2.55. The molecule has 144 valence electrons. The van der Waals surface area contributed by atoms with E-state index in [9.17, 15) is 26.2 Å². The van der Waals surface area contributed by atoms with E-state index in [4.69, 9.17) is 11.6 Å². The monoisotopic (exact) mass is 432 g/mol. The van der Waals surface area contributed by atoms with Crippen LogP contribution in [0.2, 0.25) is 5.02 Å². The van der Waals surface area contributed by atoms with E-state index in [0.717, 1.165) is 18.3 Å². The zero-order chi connectivity index (χ0) is 19.9. The highest BCUT2D eigenvalue weighted by molar-refractivity contribution is 7.84. The Morgan fingerprint density at radius 3 is 2.35 bits per heavy atom. The Labute approximate surface area is 158 Å². The molecule has 0 spiro atoms. The third-order valence-corrected chi connectivity index (χ3v) is 6.22. The first-order chi connectivity index (χ1) is 11.8. The van der Waals surface area contributed by atoms with Crippen molar-refractivity contribution >= 4 is 33.9 Å². The standard InChI is InChI=1S/C15H14ClF5N2OS2/c1-14(2,3)26(24)23-12(7-4-5-8(17)10(16)11(7)18)9-6-22-13(25-9)15(19,20)21/h4-6,12,23H,1-3H3. The predicted molar refractivity (Wildman–Crippen MR) is 91.4 cm³/mol. The Morgan fingerprint density at radius 1 is 1.23 bits per heavy atom. The van der Waals surface area contributed by atoms with Crippen molar-refractivity contribution in [3.8, 4) is 0 Å². The lowest BCUT2D eigenvalue weighted by molar-refractivity contribution is -0.137. The fourth-order valence-corrected chi connectivity index (χ4v) is 3.80. The van der Waals surface area contributed by atoms with E-state index in [-0.39, 0.29) is 21.8 Å². The number of alkyl halides is 3. The lowest BCUT2D eigenvalue weighted by atomic mass is 10.1. The van der Waals surface area contributed by atoms with Crippen LogP contribution in [-0.4, -0.2) is 13.9 Å². The summed E-state index contributed by atoms with van der Waals surface area (Å²) in [7, 11) is -1.76. The van der Waals surface area contributed by atoms with Crippen LogP contribution in [0.5, 0.6) is 0 Å². The Kier molecular flexibility index (Phi) is 6.11. The van der Waals surface area contributed by atoms with Crippen molar-refractivity contribution in [2.75, 3.05) is 0 Å². The molecule has 2 aromatic rings. The molecular weight excluding hydrogens is 419 g/mol. The smallest absolute Gasteiger partial charge is 0.242 e. The van der Waals surface area contributed by atoms with E-state index >= 15 is 0 Å². The Bertz CT molecular complexity index is 832. The van der Waals surface area contributed by atoms with Crippen LogP contribution < -0.4 is 4.72 Å². The second kappa shape index (κ2) is 7.49. The number of rotatable bonds is 4. The molecule has 11 heteroatoms. The molecule has 1 N–H and O–H groups in total. The molecule has 1 aromatic carbocycles. The molecule has 0 aliphatic rings. The van der Waals surface area contributed by atoms with Gasteiger partial charge in [-0.2, -0.15) is 13.2 Å². The van der Waals surface area contributed by atoms with Crippen molar-refractivity contribution in [3.05, 3.63) is 50.4 Å². The number of benzene rings is 1. The largest absolute Gasteiger partial charge is 0.443 e. The zero-order valence-electron chi connectivity index (χ0n) is 13.7. The average Bonchev–Trinajstić information content (AvgIpc) is 3.00. The van der Waals surface area contributed by atoms with Crippen LogP contribution >= 0.6 is 22.9 Å². The minimum Gasteiger partial charge on any atom is -0.242 e. The average molecular weight is 433 g/mol. The van der Waals surface area contributed by atoms with Crippen molar-refractivity contribution < 1.29 is 26.2 Å². The van der Waals surface area contributed by atoms with Gasteiger partial charge < -0.3 is 0 Å². The molecule has 0 amide bonds. The van der Waals surface area contributed by atoms with Crippen molar-refractivity contribution in [2.45, 2.75) is 37.7 Å². The number of halogens is 6. The van der Waals surface area contributed by atoms with Crippen LogP contribution in [-0.2, 0) is 17.2 Å². The van der Waals surface area contributed by atoms with Crippen molar-refractivity contribution in [1.29, 1.82) is 0 Å². The summed E-state index contributed by atoms with van der Waals surface area (Å²) in [6.07, 6.45) is -3.75. The second-order valence-corrected chi connectivity index (χ2v) is 9.70. The molecule has 26 heavy (non-hydrogen) atoms.